The minimum atomic E-state index is -6.60. The summed E-state index contributed by atoms with van der Waals surface area (Å²) in [4.78, 5) is 11.9. The van der Waals surface area contributed by atoms with Crippen LogP contribution in [0.25, 0.3) is 16.8 Å². The van der Waals surface area contributed by atoms with Crippen LogP contribution in [0, 0.1) is 0 Å². The number of hydrogen-bond donors (Lipinski definition) is 1. The number of halogens is 11. The molecule has 1 aliphatic rings. The predicted octanol–water partition coefficient (Wildman–Crippen LogP) is 7.89. The smallest absolute Gasteiger partial charge is 0.403 e. The first-order valence-corrected chi connectivity index (χ1v) is 12.1. The topological polar surface area (TPSA) is 56.2 Å². The highest BCUT2D eigenvalue weighted by Gasteiger charge is 2.73. The van der Waals surface area contributed by atoms with E-state index in [1.54, 1.807) is 25.1 Å². The first-order valence-electron chi connectivity index (χ1n) is 11.8. The maximum absolute atomic E-state index is 14.6. The quantitative estimate of drug-likeness (QED) is 0.286. The lowest BCUT2D eigenvalue weighted by Crippen LogP contribution is -2.50. The first-order chi connectivity index (χ1) is 18.9. The molecule has 0 fully saturated rings. The van der Waals surface area contributed by atoms with Gasteiger partial charge in [0.1, 0.15) is 5.69 Å². The number of amides is 1. The van der Waals surface area contributed by atoms with Crippen LogP contribution in [0.3, 0.4) is 0 Å². The molecule has 1 unspecified atom stereocenters. The van der Waals surface area contributed by atoms with Crippen molar-refractivity contribution in [2.75, 3.05) is 0 Å². The van der Waals surface area contributed by atoms with Crippen molar-refractivity contribution in [1.82, 2.24) is 15.1 Å². The summed E-state index contributed by atoms with van der Waals surface area (Å²) in [5.41, 5.74) is -6.73. The summed E-state index contributed by atoms with van der Waals surface area (Å²) < 4.78 is 138. The third-order valence-corrected chi connectivity index (χ3v) is 6.75. The zero-order chi connectivity index (χ0) is 30.5. The van der Waals surface area contributed by atoms with Gasteiger partial charge in [-0.15, -0.1) is 13.2 Å². The van der Waals surface area contributed by atoms with Crippen molar-refractivity contribution in [3.8, 4) is 22.6 Å². The average Bonchev–Trinajstić information content (AvgIpc) is 3.48. The highest BCUT2D eigenvalue weighted by Crippen LogP contribution is 2.55. The number of fused-ring (bicyclic) bond motifs is 1. The van der Waals surface area contributed by atoms with Gasteiger partial charge in [0.25, 0.3) is 0 Å². The van der Waals surface area contributed by atoms with Crippen molar-refractivity contribution in [2.45, 2.75) is 56.6 Å². The van der Waals surface area contributed by atoms with E-state index in [1.807, 2.05) is 0 Å². The summed E-state index contributed by atoms with van der Waals surface area (Å²) in [6, 6.07) is 4.41. The largest absolute Gasteiger partial charge is 0.573 e. The standard InChI is InChI=1S/C25H18ClF10N3O2/c1-2-20(40)38-18-6-5-12-3-4-13(7-16(12)18)14-10-37-39(11-14)21-17(26)8-15(9-19(21)41-25(34,35)36)22(27,23(28,29)30)24(31,32)33/h3-4,7-11,18H,2,5-6H2,1H3,(H,38,40). The highest BCUT2D eigenvalue weighted by atomic mass is 35.5. The van der Waals surface area contributed by atoms with E-state index in [4.69, 9.17) is 11.6 Å². The molecule has 0 bridgehead atoms. The van der Waals surface area contributed by atoms with Crippen LogP contribution < -0.4 is 10.1 Å². The third-order valence-electron chi connectivity index (χ3n) is 6.46. The number of ether oxygens (including phenoxy) is 1. The van der Waals surface area contributed by atoms with Crippen molar-refractivity contribution in [3.63, 3.8) is 0 Å². The molecule has 1 aromatic heterocycles. The maximum Gasteiger partial charge on any atom is 0.573 e. The summed E-state index contributed by atoms with van der Waals surface area (Å²) in [7, 11) is 0. The van der Waals surface area contributed by atoms with E-state index in [9.17, 15) is 48.7 Å². The first kappa shape index (κ1) is 30.5. The van der Waals surface area contributed by atoms with Crippen LogP contribution in [0.1, 0.15) is 42.5 Å². The van der Waals surface area contributed by atoms with Crippen LogP contribution in [-0.4, -0.2) is 34.4 Å². The van der Waals surface area contributed by atoms with E-state index < -0.39 is 46.4 Å². The molecule has 1 atom stereocenters. The monoisotopic (exact) mass is 617 g/mol. The minimum absolute atomic E-state index is 0.0845. The van der Waals surface area contributed by atoms with Gasteiger partial charge in [0.05, 0.1) is 17.3 Å². The zero-order valence-electron chi connectivity index (χ0n) is 20.6. The molecule has 3 aromatic rings. The Labute approximate surface area is 230 Å². The van der Waals surface area contributed by atoms with Crippen LogP contribution in [0.2, 0.25) is 5.02 Å². The molecular weight excluding hydrogens is 600 g/mol. The second-order valence-electron chi connectivity index (χ2n) is 9.11. The summed E-state index contributed by atoms with van der Waals surface area (Å²) in [6.45, 7) is 1.68. The van der Waals surface area contributed by atoms with E-state index in [2.05, 4.69) is 15.2 Å². The van der Waals surface area contributed by atoms with Gasteiger partial charge in [-0.05, 0) is 47.7 Å². The Bertz CT molecular complexity index is 1450. The Hall–Kier alpha value is -3.49. The normalized spacial score (nSPS) is 16.0. The minimum Gasteiger partial charge on any atom is -0.403 e. The Morgan fingerprint density at radius 3 is 2.27 bits per heavy atom. The number of rotatable bonds is 6. The molecule has 5 nitrogen and oxygen atoms in total. The second-order valence-corrected chi connectivity index (χ2v) is 9.51. The summed E-state index contributed by atoms with van der Waals surface area (Å²) >= 11 is 5.87. The predicted molar refractivity (Wildman–Crippen MR) is 125 cm³/mol. The van der Waals surface area contributed by atoms with Crippen LogP contribution in [0.15, 0.2) is 42.7 Å². The molecule has 0 saturated carbocycles. The van der Waals surface area contributed by atoms with E-state index in [0.717, 1.165) is 23.5 Å². The second kappa shape index (κ2) is 10.4. The zero-order valence-corrected chi connectivity index (χ0v) is 21.4. The lowest BCUT2D eigenvalue weighted by molar-refractivity contribution is -0.348. The van der Waals surface area contributed by atoms with Gasteiger partial charge >= 0.3 is 24.4 Å². The number of carbonyl (C=O) groups is 1. The van der Waals surface area contributed by atoms with Gasteiger partial charge in [0.15, 0.2) is 5.75 Å². The van der Waals surface area contributed by atoms with Gasteiger partial charge in [-0.25, -0.2) is 9.07 Å². The molecule has 1 amide bonds. The van der Waals surface area contributed by atoms with Gasteiger partial charge in [0, 0.05) is 23.7 Å². The summed E-state index contributed by atoms with van der Waals surface area (Å²) in [5, 5.41) is 5.60. The number of benzene rings is 2. The van der Waals surface area contributed by atoms with Crippen LogP contribution in [0.4, 0.5) is 43.9 Å². The lowest BCUT2D eigenvalue weighted by atomic mass is 9.93. The van der Waals surface area contributed by atoms with E-state index >= 15 is 0 Å². The van der Waals surface area contributed by atoms with Crippen molar-refractivity contribution >= 4 is 17.5 Å². The average molecular weight is 618 g/mol. The Morgan fingerprint density at radius 1 is 1.02 bits per heavy atom. The summed E-state index contributed by atoms with van der Waals surface area (Å²) in [6.07, 6.45) is -15.0. The lowest BCUT2D eigenvalue weighted by Gasteiger charge is -2.31. The van der Waals surface area contributed by atoms with Gasteiger partial charge < -0.3 is 10.1 Å². The number of aryl methyl sites for hydroxylation is 1. The fourth-order valence-corrected chi connectivity index (χ4v) is 4.81. The molecule has 0 saturated heterocycles. The summed E-state index contributed by atoms with van der Waals surface area (Å²) in [5.74, 6) is -1.83. The molecule has 16 heteroatoms. The number of nitrogens with zero attached hydrogens (tertiary/aromatic N) is 2. The van der Waals surface area contributed by atoms with Crippen molar-refractivity contribution in [2.24, 2.45) is 0 Å². The van der Waals surface area contributed by atoms with Gasteiger partial charge in [0.2, 0.25) is 5.91 Å². The van der Waals surface area contributed by atoms with E-state index in [0.29, 0.717) is 23.1 Å². The molecule has 1 heterocycles. The van der Waals surface area contributed by atoms with E-state index in [1.165, 1.54) is 0 Å². The third kappa shape index (κ3) is 5.81. The number of hydrogen-bond acceptors (Lipinski definition) is 3. The van der Waals surface area contributed by atoms with Crippen LogP contribution in [-0.2, 0) is 16.9 Å². The molecule has 0 spiro atoms. The molecular formula is C25H18ClF10N3O2. The fraction of sp³-hybridized carbons (Fsp3) is 0.360. The molecule has 222 valence electrons. The van der Waals surface area contributed by atoms with Crippen molar-refractivity contribution in [1.29, 1.82) is 0 Å². The molecule has 0 aliphatic heterocycles. The Kier molecular flexibility index (Phi) is 7.73. The van der Waals surface area contributed by atoms with Crippen LogP contribution >= 0.6 is 11.6 Å². The molecule has 2 aromatic carbocycles. The number of alkyl halides is 10. The van der Waals surface area contributed by atoms with Crippen molar-refractivity contribution in [3.05, 3.63) is 64.4 Å². The molecule has 4 rings (SSSR count). The number of aromatic nitrogens is 2. The fourth-order valence-electron chi connectivity index (χ4n) is 4.51. The van der Waals surface area contributed by atoms with Crippen molar-refractivity contribution < 1.29 is 53.4 Å². The van der Waals surface area contributed by atoms with E-state index in [-0.39, 0.29) is 36.1 Å². The number of carbonyl (C=O) groups excluding carboxylic acids is 1. The highest BCUT2D eigenvalue weighted by molar-refractivity contribution is 6.32. The molecule has 41 heavy (non-hydrogen) atoms. The SMILES string of the molecule is CCC(=O)NC1CCc2ccc(-c3cnn(-c4c(Cl)cc(C(F)(C(F)(F)F)C(F)(F)F)cc4OC(F)(F)F)c3)cc21. The van der Waals surface area contributed by atoms with Gasteiger partial charge in [-0.1, -0.05) is 30.7 Å². The molecule has 1 aliphatic carbocycles. The molecule has 1 N–H and O–H groups in total. The maximum atomic E-state index is 14.6. The number of nitrogens with one attached hydrogen (secondary N) is 1. The van der Waals surface area contributed by atoms with Crippen LogP contribution in [0.5, 0.6) is 5.75 Å². The molecule has 0 radical (unpaired) electrons. The Morgan fingerprint density at radius 2 is 1.68 bits per heavy atom. The van der Waals surface area contributed by atoms with Gasteiger partial charge in [-0.3, -0.25) is 4.79 Å². The Balaban J connectivity index is 1.80. The van der Waals surface area contributed by atoms with Gasteiger partial charge in [-0.2, -0.15) is 31.4 Å².